The van der Waals surface area contributed by atoms with Crippen LogP contribution in [0.4, 0.5) is 4.79 Å². The molecule has 0 radical (unpaired) electrons. The lowest BCUT2D eigenvalue weighted by Gasteiger charge is -2.25. The maximum absolute atomic E-state index is 10.9. The third kappa shape index (κ3) is 5.27. The maximum atomic E-state index is 10.9. The van der Waals surface area contributed by atoms with E-state index >= 15 is 0 Å². The minimum atomic E-state index is -1.14. The number of carbonyl (C=O) groups is 3. The lowest BCUT2D eigenvalue weighted by atomic mass is 9.90. The molecule has 0 atom stereocenters. The molecule has 1 heterocycles. The standard InChI is InChI=1S/C6H8N2O3.C6H15N/c1-6(2)3(9)7-5(11)8-4(6)10;1-5(2)7-6(3)4/h1-2H3,(H2,7,8,9,10,11);5-7H,1-4H3. The van der Waals surface area contributed by atoms with Gasteiger partial charge in [0, 0.05) is 12.1 Å². The molecule has 1 aliphatic heterocycles. The first kappa shape index (κ1) is 16.6. The van der Waals surface area contributed by atoms with Crippen molar-refractivity contribution < 1.29 is 14.4 Å². The molecule has 4 amide bonds. The van der Waals surface area contributed by atoms with Crippen molar-refractivity contribution in [3.63, 3.8) is 0 Å². The number of nitrogens with one attached hydrogen (secondary N) is 3. The van der Waals surface area contributed by atoms with Gasteiger partial charge in [-0.2, -0.15) is 0 Å². The number of hydrogen-bond donors (Lipinski definition) is 3. The minimum Gasteiger partial charge on any atom is -0.312 e. The quantitative estimate of drug-likeness (QED) is 0.638. The molecule has 1 saturated heterocycles. The van der Waals surface area contributed by atoms with Crippen LogP contribution in [0.3, 0.4) is 0 Å². The van der Waals surface area contributed by atoms with Crippen molar-refractivity contribution in [1.82, 2.24) is 16.0 Å². The first-order chi connectivity index (χ1) is 8.07. The fourth-order valence-corrected chi connectivity index (χ4v) is 1.32. The van der Waals surface area contributed by atoms with Crippen LogP contribution in [0.25, 0.3) is 0 Å². The van der Waals surface area contributed by atoms with E-state index in [1.54, 1.807) is 0 Å². The molecular formula is C12H23N3O3. The highest BCUT2D eigenvalue weighted by molar-refractivity contribution is 6.18. The summed E-state index contributed by atoms with van der Waals surface area (Å²) in [7, 11) is 0. The molecule has 1 rings (SSSR count). The Kier molecular flexibility index (Phi) is 5.97. The lowest BCUT2D eigenvalue weighted by molar-refractivity contribution is -0.141. The summed E-state index contributed by atoms with van der Waals surface area (Å²) in [5, 5.41) is 7.29. The van der Waals surface area contributed by atoms with E-state index in [2.05, 4.69) is 33.0 Å². The summed E-state index contributed by atoms with van der Waals surface area (Å²) in [5.74, 6) is -1.13. The predicted octanol–water partition coefficient (Wildman–Crippen LogP) is 0.771. The zero-order valence-electron chi connectivity index (χ0n) is 11.9. The van der Waals surface area contributed by atoms with Gasteiger partial charge in [0.2, 0.25) is 11.8 Å². The van der Waals surface area contributed by atoms with Gasteiger partial charge in [0.1, 0.15) is 5.41 Å². The van der Waals surface area contributed by atoms with Gasteiger partial charge in [-0.1, -0.05) is 27.7 Å². The largest absolute Gasteiger partial charge is 0.328 e. The molecule has 0 unspecified atom stereocenters. The molecule has 0 aliphatic carbocycles. The Labute approximate surface area is 108 Å². The van der Waals surface area contributed by atoms with E-state index in [4.69, 9.17) is 0 Å². The van der Waals surface area contributed by atoms with Crippen LogP contribution >= 0.6 is 0 Å². The monoisotopic (exact) mass is 257 g/mol. The van der Waals surface area contributed by atoms with E-state index < -0.39 is 23.3 Å². The third-order valence-corrected chi connectivity index (χ3v) is 2.26. The Hall–Kier alpha value is -1.43. The SMILES string of the molecule is CC(C)NC(C)C.CC1(C)C(=O)NC(=O)NC1=O. The Bertz CT molecular complexity index is 307. The van der Waals surface area contributed by atoms with Crippen molar-refractivity contribution in [2.75, 3.05) is 0 Å². The summed E-state index contributed by atoms with van der Waals surface area (Å²) >= 11 is 0. The molecule has 0 spiro atoms. The summed E-state index contributed by atoms with van der Waals surface area (Å²) in [4.78, 5) is 32.4. The predicted molar refractivity (Wildman–Crippen MR) is 68.9 cm³/mol. The molecule has 6 heteroatoms. The van der Waals surface area contributed by atoms with Gasteiger partial charge in [-0.3, -0.25) is 20.2 Å². The summed E-state index contributed by atoms with van der Waals surface area (Å²) in [5.41, 5.74) is -1.14. The molecule has 0 aromatic carbocycles. The van der Waals surface area contributed by atoms with Crippen LogP contribution in [0.5, 0.6) is 0 Å². The summed E-state index contributed by atoms with van der Waals surface area (Å²) in [6.45, 7) is 11.5. The molecule has 0 aromatic rings. The van der Waals surface area contributed by atoms with Crippen LogP contribution < -0.4 is 16.0 Å². The van der Waals surface area contributed by atoms with Crippen LogP contribution in [-0.4, -0.2) is 29.9 Å². The molecule has 1 fully saturated rings. The van der Waals surface area contributed by atoms with Crippen molar-refractivity contribution in [3.05, 3.63) is 0 Å². The molecule has 3 N–H and O–H groups in total. The average Bonchev–Trinajstić information content (AvgIpc) is 2.13. The molecule has 0 bridgehead atoms. The lowest BCUT2D eigenvalue weighted by Crippen LogP contribution is -2.60. The third-order valence-electron chi connectivity index (χ3n) is 2.26. The molecule has 104 valence electrons. The van der Waals surface area contributed by atoms with Crippen molar-refractivity contribution in [2.45, 2.75) is 53.6 Å². The Balaban J connectivity index is 0.000000360. The number of barbiturate groups is 1. The van der Waals surface area contributed by atoms with Crippen molar-refractivity contribution in [2.24, 2.45) is 5.41 Å². The number of carbonyl (C=O) groups excluding carboxylic acids is 3. The van der Waals surface area contributed by atoms with Crippen LogP contribution in [0.15, 0.2) is 0 Å². The van der Waals surface area contributed by atoms with Gasteiger partial charge in [0.15, 0.2) is 0 Å². The number of amides is 4. The second-order valence-electron chi connectivity index (χ2n) is 5.34. The normalized spacial score (nSPS) is 18.1. The highest BCUT2D eigenvalue weighted by Crippen LogP contribution is 2.17. The van der Waals surface area contributed by atoms with E-state index in [0.29, 0.717) is 12.1 Å². The Morgan fingerprint density at radius 1 is 0.889 bits per heavy atom. The van der Waals surface area contributed by atoms with E-state index in [0.717, 1.165) is 0 Å². The second-order valence-corrected chi connectivity index (χ2v) is 5.34. The van der Waals surface area contributed by atoms with Crippen molar-refractivity contribution in [1.29, 1.82) is 0 Å². The van der Waals surface area contributed by atoms with Gasteiger partial charge in [0.05, 0.1) is 0 Å². The summed E-state index contributed by atoms with van der Waals surface area (Å²) in [6, 6.07) is 0.499. The highest BCUT2D eigenvalue weighted by Gasteiger charge is 2.41. The van der Waals surface area contributed by atoms with Gasteiger partial charge in [-0.15, -0.1) is 0 Å². The molecule has 1 aliphatic rings. The molecular weight excluding hydrogens is 234 g/mol. The van der Waals surface area contributed by atoms with Crippen LogP contribution in [0.1, 0.15) is 41.5 Å². The number of rotatable bonds is 2. The van der Waals surface area contributed by atoms with Crippen LogP contribution in [0, 0.1) is 5.41 Å². The van der Waals surface area contributed by atoms with E-state index in [1.807, 2.05) is 10.6 Å². The number of urea groups is 1. The van der Waals surface area contributed by atoms with Gasteiger partial charge >= 0.3 is 6.03 Å². The van der Waals surface area contributed by atoms with Crippen LogP contribution in [-0.2, 0) is 9.59 Å². The topological polar surface area (TPSA) is 87.3 Å². The molecule has 6 nitrogen and oxygen atoms in total. The summed E-state index contributed by atoms with van der Waals surface area (Å²) in [6.07, 6.45) is 0. The average molecular weight is 257 g/mol. The minimum absolute atomic E-state index is 0.564. The first-order valence-corrected chi connectivity index (χ1v) is 6.00. The van der Waals surface area contributed by atoms with Gasteiger partial charge in [-0.05, 0) is 13.8 Å². The smallest absolute Gasteiger partial charge is 0.312 e. The number of hydrogen-bond acceptors (Lipinski definition) is 4. The first-order valence-electron chi connectivity index (χ1n) is 6.00. The number of imide groups is 2. The Morgan fingerprint density at radius 3 is 1.44 bits per heavy atom. The van der Waals surface area contributed by atoms with Crippen molar-refractivity contribution in [3.8, 4) is 0 Å². The molecule has 0 aromatic heterocycles. The van der Waals surface area contributed by atoms with Gasteiger partial charge < -0.3 is 5.32 Å². The van der Waals surface area contributed by atoms with Crippen molar-refractivity contribution >= 4 is 17.8 Å². The van der Waals surface area contributed by atoms with E-state index in [-0.39, 0.29) is 0 Å². The zero-order valence-corrected chi connectivity index (χ0v) is 11.9. The van der Waals surface area contributed by atoms with Crippen LogP contribution in [0.2, 0.25) is 0 Å². The second kappa shape index (κ2) is 6.49. The Morgan fingerprint density at radius 2 is 1.22 bits per heavy atom. The summed E-state index contributed by atoms with van der Waals surface area (Å²) < 4.78 is 0. The zero-order chi connectivity index (χ0) is 14.5. The molecule has 18 heavy (non-hydrogen) atoms. The fraction of sp³-hybridized carbons (Fsp3) is 0.750. The highest BCUT2D eigenvalue weighted by atomic mass is 16.2. The van der Waals surface area contributed by atoms with E-state index in [1.165, 1.54) is 13.8 Å². The molecule has 0 saturated carbocycles. The maximum Gasteiger partial charge on any atom is 0.328 e. The van der Waals surface area contributed by atoms with Gasteiger partial charge in [0.25, 0.3) is 0 Å². The van der Waals surface area contributed by atoms with E-state index in [9.17, 15) is 14.4 Å². The fourth-order valence-electron chi connectivity index (χ4n) is 1.32. The van der Waals surface area contributed by atoms with Gasteiger partial charge in [-0.25, -0.2) is 4.79 Å².